The lowest BCUT2D eigenvalue weighted by Crippen LogP contribution is -2.20. The van der Waals surface area contributed by atoms with Crippen molar-refractivity contribution < 1.29 is 4.79 Å². The SMILES string of the molecule is CC.CC(C)(C)C(=O)c1c[nH]c2ncc(-c3c[nH]c(-c4ccccc4)c3)nc12. The number of nitrogens with one attached hydrogen (secondary N) is 2. The van der Waals surface area contributed by atoms with Crippen LogP contribution in [0.1, 0.15) is 45.0 Å². The second kappa shape index (κ2) is 7.80. The summed E-state index contributed by atoms with van der Waals surface area (Å²) in [6.07, 6.45) is 5.34. The van der Waals surface area contributed by atoms with E-state index in [2.05, 4.69) is 27.1 Å². The first-order chi connectivity index (χ1) is 13.4. The third kappa shape index (κ3) is 3.74. The number of H-pyrrole nitrogens is 2. The van der Waals surface area contributed by atoms with Crippen molar-refractivity contribution in [3.05, 3.63) is 60.6 Å². The summed E-state index contributed by atoms with van der Waals surface area (Å²) in [5.41, 5.74) is 5.15. The molecule has 5 heteroatoms. The normalized spacial score (nSPS) is 11.2. The molecular formula is C23H26N4O. The van der Waals surface area contributed by atoms with Gasteiger partial charge in [0.1, 0.15) is 5.52 Å². The lowest BCUT2D eigenvalue weighted by atomic mass is 9.87. The molecule has 3 aromatic heterocycles. The molecule has 4 aromatic rings. The molecule has 2 N–H and O–H groups in total. The Morgan fingerprint density at radius 1 is 0.964 bits per heavy atom. The Bertz CT molecular complexity index is 1080. The molecule has 0 spiro atoms. The van der Waals surface area contributed by atoms with E-state index in [-0.39, 0.29) is 5.78 Å². The van der Waals surface area contributed by atoms with Gasteiger partial charge in [-0.3, -0.25) is 4.79 Å². The maximum Gasteiger partial charge on any atom is 0.171 e. The first-order valence-corrected chi connectivity index (χ1v) is 9.56. The third-order valence-electron chi connectivity index (χ3n) is 4.37. The van der Waals surface area contributed by atoms with Crippen LogP contribution in [0.15, 0.2) is 55.0 Å². The van der Waals surface area contributed by atoms with Crippen molar-refractivity contribution in [1.82, 2.24) is 19.9 Å². The van der Waals surface area contributed by atoms with Crippen LogP contribution in [-0.4, -0.2) is 25.7 Å². The number of carbonyl (C=O) groups is 1. The first-order valence-electron chi connectivity index (χ1n) is 9.56. The molecule has 0 aliphatic carbocycles. The largest absolute Gasteiger partial charge is 0.361 e. The van der Waals surface area contributed by atoms with E-state index in [1.807, 2.05) is 65.1 Å². The molecule has 28 heavy (non-hydrogen) atoms. The molecule has 0 aliphatic heterocycles. The van der Waals surface area contributed by atoms with Gasteiger partial charge in [0.15, 0.2) is 11.4 Å². The number of fused-ring (bicyclic) bond motifs is 1. The van der Waals surface area contributed by atoms with Gasteiger partial charge in [-0.2, -0.15) is 0 Å². The van der Waals surface area contributed by atoms with E-state index in [1.54, 1.807) is 12.4 Å². The Balaban J connectivity index is 0.00000109. The Kier molecular flexibility index (Phi) is 5.45. The van der Waals surface area contributed by atoms with Crippen molar-refractivity contribution in [3.63, 3.8) is 0 Å². The molecule has 0 saturated heterocycles. The predicted octanol–water partition coefficient (Wildman–Crippen LogP) is 5.88. The van der Waals surface area contributed by atoms with Gasteiger partial charge in [-0.05, 0) is 11.6 Å². The van der Waals surface area contributed by atoms with Crippen molar-refractivity contribution >= 4 is 16.9 Å². The Labute approximate surface area is 165 Å². The van der Waals surface area contributed by atoms with Crippen LogP contribution >= 0.6 is 0 Å². The molecule has 0 unspecified atom stereocenters. The number of ketones is 1. The van der Waals surface area contributed by atoms with Gasteiger partial charge in [0.25, 0.3) is 0 Å². The number of nitrogens with zero attached hydrogens (tertiary/aromatic N) is 2. The van der Waals surface area contributed by atoms with Gasteiger partial charge in [0.05, 0.1) is 17.5 Å². The molecule has 144 valence electrons. The maximum atomic E-state index is 12.7. The molecule has 3 heterocycles. The standard InChI is InChI=1S/C21H20N4O.C2H6/c1-21(2,3)19(26)15-11-23-20-18(15)25-17(12-24-20)14-9-16(22-10-14)13-7-5-4-6-8-13;1-2/h4-12,22H,1-3H3,(H,23,24);1-2H3. The van der Waals surface area contributed by atoms with Gasteiger partial charge in [-0.25, -0.2) is 9.97 Å². The zero-order chi connectivity index (χ0) is 20.3. The number of carbonyl (C=O) groups excluding carboxylic acids is 1. The van der Waals surface area contributed by atoms with Crippen molar-refractivity contribution in [2.45, 2.75) is 34.6 Å². The van der Waals surface area contributed by atoms with Crippen LogP contribution in [-0.2, 0) is 0 Å². The number of hydrogen-bond acceptors (Lipinski definition) is 3. The molecule has 5 nitrogen and oxygen atoms in total. The number of benzene rings is 1. The predicted molar refractivity (Wildman–Crippen MR) is 114 cm³/mol. The molecule has 0 aliphatic rings. The summed E-state index contributed by atoms with van der Waals surface area (Å²) in [6.45, 7) is 9.72. The zero-order valence-corrected chi connectivity index (χ0v) is 17.0. The molecule has 0 atom stereocenters. The summed E-state index contributed by atoms with van der Waals surface area (Å²) >= 11 is 0. The fourth-order valence-electron chi connectivity index (χ4n) is 2.93. The highest BCUT2D eigenvalue weighted by molar-refractivity contribution is 6.08. The number of Topliss-reactive ketones (excluding diaryl/α,β-unsaturated/α-hetero) is 1. The summed E-state index contributed by atoms with van der Waals surface area (Å²) < 4.78 is 0. The van der Waals surface area contributed by atoms with Crippen molar-refractivity contribution in [2.75, 3.05) is 0 Å². The number of hydrogen-bond donors (Lipinski definition) is 2. The van der Waals surface area contributed by atoms with E-state index in [1.165, 1.54) is 0 Å². The Morgan fingerprint density at radius 3 is 2.36 bits per heavy atom. The molecule has 4 rings (SSSR count). The van der Waals surface area contributed by atoms with Crippen LogP contribution in [0, 0.1) is 5.41 Å². The van der Waals surface area contributed by atoms with Gasteiger partial charge < -0.3 is 9.97 Å². The molecule has 1 aromatic carbocycles. The highest BCUT2D eigenvalue weighted by Crippen LogP contribution is 2.28. The minimum absolute atomic E-state index is 0.0502. The summed E-state index contributed by atoms with van der Waals surface area (Å²) in [6, 6.07) is 12.2. The van der Waals surface area contributed by atoms with E-state index in [0.717, 1.165) is 22.5 Å². The van der Waals surface area contributed by atoms with E-state index in [4.69, 9.17) is 4.98 Å². The third-order valence-corrected chi connectivity index (χ3v) is 4.37. The smallest absolute Gasteiger partial charge is 0.171 e. The van der Waals surface area contributed by atoms with E-state index in [9.17, 15) is 4.79 Å². The second-order valence-corrected chi connectivity index (χ2v) is 7.40. The van der Waals surface area contributed by atoms with Crippen LogP contribution in [0.4, 0.5) is 0 Å². The number of aromatic nitrogens is 4. The molecule has 0 radical (unpaired) electrons. The van der Waals surface area contributed by atoms with Gasteiger partial charge in [-0.1, -0.05) is 65.0 Å². The van der Waals surface area contributed by atoms with Crippen LogP contribution < -0.4 is 0 Å². The maximum absolute atomic E-state index is 12.7. The first kappa shape index (κ1) is 19.5. The minimum atomic E-state index is -0.471. The summed E-state index contributed by atoms with van der Waals surface area (Å²) in [7, 11) is 0. The fraction of sp³-hybridized carbons (Fsp3) is 0.261. The Hall–Kier alpha value is -3.21. The molecule has 0 saturated carbocycles. The average Bonchev–Trinajstić information content (AvgIpc) is 3.36. The summed E-state index contributed by atoms with van der Waals surface area (Å²) in [5, 5.41) is 0. The van der Waals surface area contributed by atoms with E-state index in [0.29, 0.717) is 16.7 Å². The average molecular weight is 374 g/mol. The lowest BCUT2D eigenvalue weighted by molar-refractivity contribution is 0.0860. The van der Waals surface area contributed by atoms with Crippen molar-refractivity contribution in [2.24, 2.45) is 5.41 Å². The van der Waals surface area contributed by atoms with E-state index >= 15 is 0 Å². The van der Waals surface area contributed by atoms with Crippen molar-refractivity contribution in [3.8, 4) is 22.5 Å². The molecule has 0 bridgehead atoms. The monoisotopic (exact) mass is 374 g/mol. The second-order valence-electron chi connectivity index (χ2n) is 7.40. The number of rotatable bonds is 3. The van der Waals surface area contributed by atoms with Gasteiger partial charge in [-0.15, -0.1) is 0 Å². The van der Waals surface area contributed by atoms with Gasteiger partial charge in [0, 0.05) is 29.1 Å². The van der Waals surface area contributed by atoms with Crippen LogP contribution in [0.3, 0.4) is 0 Å². The quantitative estimate of drug-likeness (QED) is 0.440. The fourth-order valence-corrected chi connectivity index (χ4v) is 2.93. The van der Waals surface area contributed by atoms with Crippen LogP contribution in [0.25, 0.3) is 33.7 Å². The molecule has 0 fully saturated rings. The summed E-state index contributed by atoms with van der Waals surface area (Å²) in [5.74, 6) is 0.0502. The van der Waals surface area contributed by atoms with Gasteiger partial charge in [0.2, 0.25) is 0 Å². The topological polar surface area (TPSA) is 74.4 Å². The highest BCUT2D eigenvalue weighted by atomic mass is 16.1. The number of aromatic amines is 2. The lowest BCUT2D eigenvalue weighted by Gasteiger charge is -2.15. The molecular weight excluding hydrogens is 348 g/mol. The summed E-state index contributed by atoms with van der Waals surface area (Å²) in [4.78, 5) is 28.2. The Morgan fingerprint density at radius 2 is 1.68 bits per heavy atom. The minimum Gasteiger partial charge on any atom is -0.361 e. The zero-order valence-electron chi connectivity index (χ0n) is 17.0. The molecule has 0 amide bonds. The van der Waals surface area contributed by atoms with E-state index < -0.39 is 5.41 Å². The highest BCUT2D eigenvalue weighted by Gasteiger charge is 2.26. The van der Waals surface area contributed by atoms with Crippen molar-refractivity contribution in [1.29, 1.82) is 0 Å². The van der Waals surface area contributed by atoms with Crippen LogP contribution in [0.5, 0.6) is 0 Å². The van der Waals surface area contributed by atoms with Gasteiger partial charge >= 0.3 is 0 Å². The van der Waals surface area contributed by atoms with Crippen LogP contribution in [0.2, 0.25) is 0 Å².